The number of halogens is 1. The normalized spacial score (nSPS) is 25.8. The van der Waals surface area contributed by atoms with Crippen LogP contribution in [0.3, 0.4) is 0 Å². The van der Waals surface area contributed by atoms with Gasteiger partial charge in [0.1, 0.15) is 11.8 Å². The molecular formula is C18H25ClN2O4S. The molecule has 0 spiro atoms. The molecule has 1 N–H and O–H groups in total. The first-order chi connectivity index (χ1) is 12.2. The molecule has 2 saturated carbocycles. The lowest BCUT2D eigenvalue weighted by molar-refractivity contribution is -0.122. The van der Waals surface area contributed by atoms with E-state index in [0.717, 1.165) is 23.4 Å². The van der Waals surface area contributed by atoms with Crippen LogP contribution in [0.5, 0.6) is 5.75 Å². The molecule has 1 aromatic carbocycles. The summed E-state index contributed by atoms with van der Waals surface area (Å²) in [6.45, 7) is 1.60. The molecule has 2 aliphatic carbocycles. The lowest BCUT2D eigenvalue weighted by Crippen LogP contribution is -2.51. The Bertz CT molecular complexity index is 798. The summed E-state index contributed by atoms with van der Waals surface area (Å²) in [4.78, 5) is 12.8. The Balaban J connectivity index is 1.81. The second-order valence-electron chi connectivity index (χ2n) is 7.34. The van der Waals surface area contributed by atoms with Crippen molar-refractivity contribution in [1.82, 2.24) is 5.32 Å². The van der Waals surface area contributed by atoms with Gasteiger partial charge in [-0.3, -0.25) is 9.10 Å². The molecule has 8 heteroatoms. The van der Waals surface area contributed by atoms with Gasteiger partial charge in [0.25, 0.3) is 0 Å². The lowest BCUT2D eigenvalue weighted by atomic mass is 9.95. The maximum absolute atomic E-state index is 12.8. The highest BCUT2D eigenvalue weighted by Gasteiger charge is 2.41. The van der Waals surface area contributed by atoms with E-state index >= 15 is 0 Å². The molecule has 2 aliphatic rings. The largest absolute Gasteiger partial charge is 0.495 e. The van der Waals surface area contributed by atoms with Gasteiger partial charge in [-0.05, 0) is 56.2 Å². The van der Waals surface area contributed by atoms with Gasteiger partial charge in [0.05, 0.1) is 24.1 Å². The number of sulfonamides is 1. The summed E-state index contributed by atoms with van der Waals surface area (Å²) in [5.74, 6) is 1.40. The van der Waals surface area contributed by atoms with Gasteiger partial charge in [-0.1, -0.05) is 18.0 Å². The molecule has 4 atom stereocenters. The fourth-order valence-electron chi connectivity index (χ4n) is 4.33. The number of carbonyl (C=O) groups excluding carboxylic acids is 1. The summed E-state index contributed by atoms with van der Waals surface area (Å²) in [6, 6.07) is 3.98. The number of rotatable bonds is 6. The second kappa shape index (κ2) is 7.27. The number of benzene rings is 1. The molecule has 6 nitrogen and oxygen atoms in total. The number of carbonyl (C=O) groups is 1. The Labute approximate surface area is 159 Å². The maximum Gasteiger partial charge on any atom is 0.243 e. The van der Waals surface area contributed by atoms with Crippen molar-refractivity contribution in [1.29, 1.82) is 0 Å². The van der Waals surface area contributed by atoms with Gasteiger partial charge in [0.2, 0.25) is 15.9 Å². The number of nitrogens with one attached hydrogen (secondary N) is 1. The first-order valence-electron chi connectivity index (χ1n) is 8.84. The van der Waals surface area contributed by atoms with Crippen LogP contribution in [0.4, 0.5) is 5.69 Å². The first kappa shape index (κ1) is 19.3. The van der Waals surface area contributed by atoms with Crippen LogP contribution in [-0.4, -0.2) is 39.8 Å². The van der Waals surface area contributed by atoms with E-state index in [4.69, 9.17) is 16.3 Å². The number of ether oxygens (including phenoxy) is 1. The van der Waals surface area contributed by atoms with Gasteiger partial charge in [-0.25, -0.2) is 8.42 Å². The van der Waals surface area contributed by atoms with Crippen molar-refractivity contribution in [2.24, 2.45) is 11.8 Å². The number of hydrogen-bond acceptors (Lipinski definition) is 4. The smallest absolute Gasteiger partial charge is 0.243 e. The third kappa shape index (κ3) is 3.78. The second-order valence-corrected chi connectivity index (χ2v) is 9.61. The minimum atomic E-state index is -3.67. The SMILES string of the molecule is COc1ccc(N([C@@H](C)C(=O)N[C@H]2C[C@H]3CC[C@H]2C3)S(C)(=O)=O)cc1Cl. The Morgan fingerprint density at radius 1 is 1.35 bits per heavy atom. The van der Waals surface area contributed by atoms with E-state index in [0.29, 0.717) is 28.3 Å². The average molecular weight is 401 g/mol. The summed E-state index contributed by atoms with van der Waals surface area (Å²) < 4.78 is 31.0. The Morgan fingerprint density at radius 3 is 2.58 bits per heavy atom. The van der Waals surface area contributed by atoms with Crippen LogP contribution in [0.2, 0.25) is 5.02 Å². The minimum absolute atomic E-state index is 0.157. The van der Waals surface area contributed by atoms with Gasteiger partial charge >= 0.3 is 0 Å². The minimum Gasteiger partial charge on any atom is -0.495 e. The van der Waals surface area contributed by atoms with Crippen LogP contribution in [-0.2, 0) is 14.8 Å². The van der Waals surface area contributed by atoms with Crippen molar-refractivity contribution in [2.75, 3.05) is 17.7 Å². The molecule has 0 saturated heterocycles. The van der Waals surface area contributed by atoms with E-state index in [-0.39, 0.29) is 11.9 Å². The first-order valence-corrected chi connectivity index (χ1v) is 11.1. The summed E-state index contributed by atoms with van der Waals surface area (Å²) in [7, 11) is -2.18. The van der Waals surface area contributed by atoms with E-state index in [2.05, 4.69) is 5.32 Å². The third-order valence-corrected chi connectivity index (χ3v) is 7.08. The molecule has 0 heterocycles. The predicted molar refractivity (Wildman–Crippen MR) is 102 cm³/mol. The molecule has 0 aromatic heterocycles. The van der Waals surface area contributed by atoms with Gasteiger partial charge < -0.3 is 10.1 Å². The Kier molecular flexibility index (Phi) is 5.40. The van der Waals surface area contributed by atoms with Crippen molar-refractivity contribution >= 4 is 33.2 Å². The quantitative estimate of drug-likeness (QED) is 0.796. The highest BCUT2D eigenvalue weighted by molar-refractivity contribution is 7.92. The monoisotopic (exact) mass is 400 g/mol. The summed E-state index contributed by atoms with van der Waals surface area (Å²) in [5, 5.41) is 3.36. The van der Waals surface area contributed by atoms with Gasteiger partial charge in [0.15, 0.2) is 0 Å². The summed E-state index contributed by atoms with van der Waals surface area (Å²) in [5.41, 5.74) is 0.342. The number of methoxy groups -OCH3 is 1. The molecule has 1 aromatic rings. The van der Waals surface area contributed by atoms with Crippen molar-refractivity contribution in [3.05, 3.63) is 23.2 Å². The number of fused-ring (bicyclic) bond motifs is 2. The molecule has 0 aliphatic heterocycles. The standard InChI is InChI=1S/C18H25ClN2O4S/c1-11(18(22)20-16-9-12-4-5-13(16)8-12)21(26(3,23)24)14-6-7-17(25-2)15(19)10-14/h6-7,10-13,16H,4-5,8-9H2,1-3H3,(H,20,22)/t11-,12-,13-,16-/m0/s1. The van der Waals surface area contributed by atoms with Crippen LogP contribution in [0.1, 0.15) is 32.6 Å². The van der Waals surface area contributed by atoms with Crippen LogP contribution in [0, 0.1) is 11.8 Å². The molecule has 2 bridgehead atoms. The number of amides is 1. The summed E-state index contributed by atoms with van der Waals surface area (Å²) in [6.07, 6.45) is 5.65. The highest BCUT2D eigenvalue weighted by atomic mass is 35.5. The molecule has 3 rings (SSSR count). The Morgan fingerprint density at radius 2 is 2.08 bits per heavy atom. The van der Waals surface area contributed by atoms with Gasteiger partial charge in [-0.2, -0.15) is 0 Å². The fourth-order valence-corrected chi connectivity index (χ4v) is 5.74. The van der Waals surface area contributed by atoms with Crippen LogP contribution in [0.15, 0.2) is 18.2 Å². The van der Waals surface area contributed by atoms with Gasteiger partial charge in [0, 0.05) is 6.04 Å². The Hall–Kier alpha value is -1.47. The highest BCUT2D eigenvalue weighted by Crippen LogP contribution is 2.44. The van der Waals surface area contributed by atoms with Gasteiger partial charge in [-0.15, -0.1) is 0 Å². The van der Waals surface area contributed by atoms with E-state index in [1.54, 1.807) is 19.1 Å². The zero-order valence-corrected chi connectivity index (χ0v) is 16.8. The van der Waals surface area contributed by atoms with E-state index in [1.165, 1.54) is 26.0 Å². The number of hydrogen-bond donors (Lipinski definition) is 1. The fraction of sp³-hybridized carbons (Fsp3) is 0.611. The maximum atomic E-state index is 12.8. The lowest BCUT2D eigenvalue weighted by Gasteiger charge is -2.31. The molecule has 0 unspecified atom stereocenters. The summed E-state index contributed by atoms with van der Waals surface area (Å²) >= 11 is 6.14. The number of nitrogens with zero attached hydrogens (tertiary/aromatic N) is 1. The molecule has 26 heavy (non-hydrogen) atoms. The third-order valence-electron chi connectivity index (χ3n) is 5.54. The number of anilines is 1. The average Bonchev–Trinajstić information content (AvgIpc) is 3.16. The molecule has 2 fully saturated rings. The molecule has 0 radical (unpaired) electrons. The topological polar surface area (TPSA) is 75.7 Å². The van der Waals surface area contributed by atoms with Crippen molar-refractivity contribution in [3.63, 3.8) is 0 Å². The zero-order valence-electron chi connectivity index (χ0n) is 15.2. The zero-order chi connectivity index (χ0) is 19.1. The van der Waals surface area contributed by atoms with E-state index in [9.17, 15) is 13.2 Å². The van der Waals surface area contributed by atoms with Crippen molar-refractivity contribution < 1.29 is 17.9 Å². The molecule has 1 amide bonds. The van der Waals surface area contributed by atoms with Crippen molar-refractivity contribution in [3.8, 4) is 5.75 Å². The van der Waals surface area contributed by atoms with E-state index in [1.807, 2.05) is 0 Å². The predicted octanol–water partition coefficient (Wildman–Crippen LogP) is 2.81. The van der Waals surface area contributed by atoms with Crippen molar-refractivity contribution in [2.45, 2.75) is 44.7 Å². The van der Waals surface area contributed by atoms with Crippen LogP contribution < -0.4 is 14.4 Å². The van der Waals surface area contributed by atoms with Crippen LogP contribution in [0.25, 0.3) is 0 Å². The molecular weight excluding hydrogens is 376 g/mol. The van der Waals surface area contributed by atoms with Crippen LogP contribution >= 0.6 is 11.6 Å². The molecule has 144 valence electrons. The van der Waals surface area contributed by atoms with E-state index < -0.39 is 16.1 Å².